The van der Waals surface area contributed by atoms with Crippen molar-refractivity contribution < 1.29 is 0 Å². The summed E-state index contributed by atoms with van der Waals surface area (Å²) in [5.41, 5.74) is 9.99. The van der Waals surface area contributed by atoms with Crippen LogP contribution in [0.5, 0.6) is 0 Å². The Labute approximate surface area is 91.4 Å². The van der Waals surface area contributed by atoms with Gasteiger partial charge in [0, 0.05) is 5.69 Å². The topological polar surface area (TPSA) is 54.7 Å². The Kier molecular flexibility index (Phi) is 2.83. The first-order chi connectivity index (χ1) is 7.09. The van der Waals surface area contributed by atoms with E-state index in [9.17, 15) is 0 Å². The van der Waals surface area contributed by atoms with Gasteiger partial charge in [-0.15, -0.1) is 0 Å². The van der Waals surface area contributed by atoms with Crippen molar-refractivity contribution in [3.05, 3.63) is 17.0 Å². The molecule has 0 spiro atoms. The number of hydrogen-bond acceptors (Lipinski definition) is 2. The van der Waals surface area contributed by atoms with E-state index >= 15 is 0 Å². The minimum absolute atomic E-state index is 0.0790. The average Bonchev–Trinajstić information content (AvgIpc) is 2.59. The van der Waals surface area contributed by atoms with Crippen LogP contribution in [0.2, 0.25) is 0 Å². The Hall–Kier alpha value is -0.830. The molecule has 2 unspecified atom stereocenters. The van der Waals surface area contributed by atoms with E-state index in [0.29, 0.717) is 5.92 Å². The summed E-state index contributed by atoms with van der Waals surface area (Å²) in [5, 5.41) is 7.56. The summed E-state index contributed by atoms with van der Waals surface area (Å²) in [5.74, 6) is 1.22. The summed E-state index contributed by atoms with van der Waals surface area (Å²) in [7, 11) is 0. The molecule has 1 aromatic rings. The lowest BCUT2D eigenvalue weighted by Gasteiger charge is -2.21. The van der Waals surface area contributed by atoms with Gasteiger partial charge in [0.1, 0.15) is 0 Å². The van der Waals surface area contributed by atoms with Crippen molar-refractivity contribution in [2.75, 3.05) is 0 Å². The number of H-pyrrole nitrogens is 1. The maximum absolute atomic E-state index is 6.17. The monoisotopic (exact) mass is 207 g/mol. The van der Waals surface area contributed by atoms with Crippen molar-refractivity contribution in [1.82, 2.24) is 10.2 Å². The normalized spacial score (nSPS) is 22.9. The Morgan fingerprint density at radius 2 is 2.20 bits per heavy atom. The van der Waals surface area contributed by atoms with Gasteiger partial charge in [-0.2, -0.15) is 5.10 Å². The fourth-order valence-corrected chi connectivity index (χ4v) is 2.28. The molecule has 3 nitrogen and oxygen atoms in total. The van der Waals surface area contributed by atoms with Crippen LogP contribution in [0, 0.1) is 11.8 Å². The number of aromatic nitrogens is 2. The lowest BCUT2D eigenvalue weighted by atomic mass is 9.85. The van der Waals surface area contributed by atoms with Gasteiger partial charge in [-0.05, 0) is 36.7 Å². The first-order valence-corrected chi connectivity index (χ1v) is 5.91. The van der Waals surface area contributed by atoms with Gasteiger partial charge in [-0.25, -0.2) is 0 Å². The number of nitrogens with zero attached hydrogens (tertiary/aromatic N) is 1. The standard InChI is InChI=1S/C12H21N3/c1-7(2)11(13)12-9-6-8(3)4-5-10(9)14-15-12/h7-8,11H,4-6,13H2,1-3H3,(H,14,15). The minimum atomic E-state index is 0.0790. The van der Waals surface area contributed by atoms with Crippen molar-refractivity contribution in [2.24, 2.45) is 17.6 Å². The number of aromatic amines is 1. The smallest absolute Gasteiger partial charge is 0.0826 e. The number of nitrogens with two attached hydrogens (primary N) is 1. The lowest BCUT2D eigenvalue weighted by molar-refractivity contribution is 0.474. The molecule has 15 heavy (non-hydrogen) atoms. The first kappa shape index (κ1) is 10.7. The molecule has 1 aromatic heterocycles. The Bertz CT molecular complexity index is 341. The molecule has 0 bridgehead atoms. The van der Waals surface area contributed by atoms with E-state index in [-0.39, 0.29) is 6.04 Å². The number of nitrogens with one attached hydrogen (secondary N) is 1. The van der Waals surface area contributed by atoms with Gasteiger partial charge in [0.25, 0.3) is 0 Å². The van der Waals surface area contributed by atoms with Crippen LogP contribution in [0.1, 0.15) is 50.2 Å². The third-order valence-electron chi connectivity index (χ3n) is 3.46. The van der Waals surface area contributed by atoms with Crippen molar-refractivity contribution >= 4 is 0 Å². The molecule has 0 saturated carbocycles. The van der Waals surface area contributed by atoms with Crippen LogP contribution in [-0.4, -0.2) is 10.2 Å². The average molecular weight is 207 g/mol. The molecule has 0 fully saturated rings. The highest BCUT2D eigenvalue weighted by Crippen LogP contribution is 2.30. The van der Waals surface area contributed by atoms with Crippen LogP contribution < -0.4 is 5.73 Å². The largest absolute Gasteiger partial charge is 0.322 e. The molecule has 84 valence electrons. The minimum Gasteiger partial charge on any atom is -0.322 e. The number of rotatable bonds is 2. The molecule has 1 aliphatic carbocycles. The van der Waals surface area contributed by atoms with Crippen molar-refractivity contribution in [3.63, 3.8) is 0 Å². The highest BCUT2D eigenvalue weighted by Gasteiger charge is 2.25. The molecule has 3 N–H and O–H groups in total. The molecule has 1 heterocycles. The maximum atomic E-state index is 6.17. The zero-order valence-electron chi connectivity index (χ0n) is 9.88. The molecule has 0 aliphatic heterocycles. The quantitative estimate of drug-likeness (QED) is 0.781. The summed E-state index contributed by atoms with van der Waals surface area (Å²) in [6.07, 6.45) is 3.54. The molecule has 0 radical (unpaired) electrons. The van der Waals surface area contributed by atoms with Gasteiger partial charge in [-0.1, -0.05) is 20.8 Å². The first-order valence-electron chi connectivity index (χ1n) is 5.91. The van der Waals surface area contributed by atoms with Crippen LogP contribution >= 0.6 is 0 Å². The molecule has 3 heteroatoms. The summed E-state index contributed by atoms with van der Waals surface area (Å²) in [6.45, 7) is 6.61. The molecule has 0 saturated heterocycles. The van der Waals surface area contributed by atoms with E-state index in [4.69, 9.17) is 5.73 Å². The van der Waals surface area contributed by atoms with E-state index in [1.807, 2.05) is 0 Å². The fourth-order valence-electron chi connectivity index (χ4n) is 2.28. The summed E-state index contributed by atoms with van der Waals surface area (Å²) < 4.78 is 0. The fraction of sp³-hybridized carbons (Fsp3) is 0.750. The molecule has 0 amide bonds. The second-order valence-electron chi connectivity index (χ2n) is 5.18. The van der Waals surface area contributed by atoms with Gasteiger partial charge in [-0.3, -0.25) is 5.10 Å². The second kappa shape index (κ2) is 3.97. The van der Waals surface area contributed by atoms with Gasteiger partial charge in [0.15, 0.2) is 0 Å². The number of hydrogen-bond donors (Lipinski definition) is 2. The highest BCUT2D eigenvalue weighted by molar-refractivity contribution is 5.30. The molecule has 1 aliphatic rings. The van der Waals surface area contributed by atoms with Gasteiger partial charge in [0.2, 0.25) is 0 Å². The highest BCUT2D eigenvalue weighted by atomic mass is 15.1. The summed E-state index contributed by atoms with van der Waals surface area (Å²) in [4.78, 5) is 0. The number of fused-ring (bicyclic) bond motifs is 1. The van der Waals surface area contributed by atoms with Gasteiger partial charge >= 0.3 is 0 Å². The van der Waals surface area contributed by atoms with Crippen LogP contribution in [0.4, 0.5) is 0 Å². The van der Waals surface area contributed by atoms with E-state index in [2.05, 4.69) is 31.0 Å². The zero-order chi connectivity index (χ0) is 11.0. The third kappa shape index (κ3) is 1.93. The maximum Gasteiger partial charge on any atom is 0.0826 e. The SMILES string of the molecule is CC1CCc2[nH]nc(C(N)C(C)C)c2C1. The van der Waals surface area contributed by atoms with E-state index in [1.54, 1.807) is 0 Å². The van der Waals surface area contributed by atoms with Gasteiger partial charge in [0.05, 0.1) is 11.7 Å². The van der Waals surface area contributed by atoms with E-state index in [0.717, 1.165) is 24.5 Å². The van der Waals surface area contributed by atoms with Crippen molar-refractivity contribution in [3.8, 4) is 0 Å². The zero-order valence-corrected chi connectivity index (χ0v) is 9.88. The van der Waals surface area contributed by atoms with Crippen LogP contribution in [0.3, 0.4) is 0 Å². The van der Waals surface area contributed by atoms with E-state index < -0.39 is 0 Å². The molecular formula is C12H21N3. The Morgan fingerprint density at radius 1 is 1.47 bits per heavy atom. The predicted octanol–water partition coefficient (Wildman–Crippen LogP) is 2.19. The number of aryl methyl sites for hydroxylation is 1. The van der Waals surface area contributed by atoms with Gasteiger partial charge < -0.3 is 5.73 Å². The molecule has 2 atom stereocenters. The molecule has 0 aromatic carbocycles. The van der Waals surface area contributed by atoms with Crippen LogP contribution in [-0.2, 0) is 12.8 Å². The Balaban J connectivity index is 2.30. The third-order valence-corrected chi connectivity index (χ3v) is 3.46. The molecule has 2 rings (SSSR count). The van der Waals surface area contributed by atoms with E-state index in [1.165, 1.54) is 17.7 Å². The summed E-state index contributed by atoms with van der Waals surface area (Å²) >= 11 is 0. The lowest BCUT2D eigenvalue weighted by Crippen LogP contribution is -2.20. The van der Waals surface area contributed by atoms with Crippen molar-refractivity contribution in [1.29, 1.82) is 0 Å². The summed E-state index contributed by atoms with van der Waals surface area (Å²) in [6, 6.07) is 0.0790. The van der Waals surface area contributed by atoms with Crippen molar-refractivity contribution in [2.45, 2.75) is 46.1 Å². The van der Waals surface area contributed by atoms with Crippen LogP contribution in [0.25, 0.3) is 0 Å². The predicted molar refractivity (Wildman–Crippen MR) is 61.5 cm³/mol. The van der Waals surface area contributed by atoms with Crippen LogP contribution in [0.15, 0.2) is 0 Å². The molecular weight excluding hydrogens is 186 g/mol. The second-order valence-corrected chi connectivity index (χ2v) is 5.18. The Morgan fingerprint density at radius 3 is 2.87 bits per heavy atom.